The van der Waals surface area contributed by atoms with Gasteiger partial charge in [-0.25, -0.2) is 4.98 Å². The van der Waals surface area contributed by atoms with E-state index < -0.39 is 11.8 Å². The van der Waals surface area contributed by atoms with Crippen molar-refractivity contribution in [2.24, 2.45) is 5.92 Å². The second-order valence-electron chi connectivity index (χ2n) is 8.59. The molecule has 1 saturated heterocycles. The van der Waals surface area contributed by atoms with Crippen LogP contribution in [0, 0.1) is 19.8 Å². The number of piperidine rings is 1. The average Bonchev–Trinajstić information content (AvgIpc) is 3.33. The van der Waals surface area contributed by atoms with Crippen LogP contribution in [0.2, 0.25) is 0 Å². The lowest BCUT2D eigenvalue weighted by Crippen LogP contribution is -2.30. The summed E-state index contributed by atoms with van der Waals surface area (Å²) in [4.78, 5) is 32.5. The van der Waals surface area contributed by atoms with Gasteiger partial charge in [-0.05, 0) is 81.1 Å². The first kappa shape index (κ1) is 23.6. The number of aromatic amines is 1. The number of rotatable bonds is 7. The number of carbonyl (C=O) groups is 2. The monoisotopic (exact) mass is 457 g/mol. The first-order valence-electron chi connectivity index (χ1n) is 11.4. The number of imidazole rings is 1. The van der Waals surface area contributed by atoms with Crippen molar-refractivity contribution in [2.75, 3.05) is 30.3 Å². The third kappa shape index (κ3) is 5.66. The summed E-state index contributed by atoms with van der Waals surface area (Å²) >= 11 is 0. The maximum absolute atomic E-state index is 12.9. The molecule has 1 aromatic heterocycles. The number of carbonyl (C=O) groups excluding carboxylic acids is 2. The molecule has 0 atom stereocenters. The molecule has 2 aromatic carbocycles. The van der Waals surface area contributed by atoms with Crippen LogP contribution in [-0.2, 0) is 0 Å². The van der Waals surface area contributed by atoms with E-state index in [0.29, 0.717) is 29.4 Å². The Morgan fingerprint density at radius 3 is 2.56 bits per heavy atom. The minimum atomic E-state index is -0.501. The van der Waals surface area contributed by atoms with Crippen molar-refractivity contribution in [1.82, 2.24) is 15.3 Å². The molecule has 9 heteroatoms. The van der Waals surface area contributed by atoms with Crippen molar-refractivity contribution < 1.29 is 14.3 Å². The number of ether oxygens (including phenoxy) is 1. The van der Waals surface area contributed by atoms with Gasteiger partial charge in [-0.1, -0.05) is 17.6 Å². The molecule has 34 heavy (non-hydrogen) atoms. The topological polar surface area (TPSA) is 108 Å². The summed E-state index contributed by atoms with van der Waals surface area (Å²) in [6, 6.07) is 10.8. The second-order valence-corrected chi connectivity index (χ2v) is 8.59. The SMILES string of the molecule is [B]c1ccc(C)c(NC(=O)c2nc[nH]c2C(=O)Nc2ccc(OCC3CCNCC3)cc2C)c1. The van der Waals surface area contributed by atoms with Gasteiger partial charge in [0.1, 0.15) is 19.3 Å². The fourth-order valence-electron chi connectivity index (χ4n) is 3.91. The normalized spacial score (nSPS) is 13.9. The third-order valence-corrected chi connectivity index (χ3v) is 5.98. The van der Waals surface area contributed by atoms with E-state index in [1.165, 1.54) is 6.33 Å². The zero-order chi connectivity index (χ0) is 24.1. The number of H-pyrrole nitrogens is 1. The molecule has 4 N–H and O–H groups in total. The van der Waals surface area contributed by atoms with Crippen LogP contribution >= 0.6 is 0 Å². The Morgan fingerprint density at radius 1 is 1.03 bits per heavy atom. The fraction of sp³-hybridized carbons (Fsp3) is 0.320. The van der Waals surface area contributed by atoms with Crippen molar-refractivity contribution in [3.63, 3.8) is 0 Å². The third-order valence-electron chi connectivity index (χ3n) is 5.98. The van der Waals surface area contributed by atoms with Crippen LogP contribution in [0.1, 0.15) is 44.9 Å². The van der Waals surface area contributed by atoms with E-state index in [4.69, 9.17) is 12.6 Å². The molecule has 0 saturated carbocycles. The van der Waals surface area contributed by atoms with Gasteiger partial charge in [0.25, 0.3) is 11.8 Å². The molecule has 2 heterocycles. The molecular weight excluding hydrogens is 429 g/mol. The Kier molecular flexibility index (Phi) is 7.32. The zero-order valence-electron chi connectivity index (χ0n) is 19.4. The van der Waals surface area contributed by atoms with Gasteiger partial charge >= 0.3 is 0 Å². The van der Waals surface area contributed by atoms with Gasteiger partial charge in [-0.15, -0.1) is 0 Å². The molecule has 1 aliphatic rings. The van der Waals surface area contributed by atoms with Crippen LogP contribution in [0.15, 0.2) is 42.7 Å². The Hall–Kier alpha value is -3.59. The van der Waals surface area contributed by atoms with E-state index in [-0.39, 0.29) is 11.4 Å². The smallest absolute Gasteiger partial charge is 0.276 e. The molecule has 1 fully saturated rings. The summed E-state index contributed by atoms with van der Waals surface area (Å²) in [5.74, 6) is 0.368. The quantitative estimate of drug-likeness (QED) is 0.408. The van der Waals surface area contributed by atoms with Gasteiger partial charge in [0.15, 0.2) is 5.69 Å². The minimum absolute atomic E-state index is 0.00102. The molecule has 0 unspecified atom stereocenters. The Labute approximate surface area is 200 Å². The first-order valence-corrected chi connectivity index (χ1v) is 11.4. The largest absolute Gasteiger partial charge is 0.493 e. The molecule has 0 spiro atoms. The van der Waals surface area contributed by atoms with Crippen molar-refractivity contribution >= 4 is 36.5 Å². The standard InChI is InChI=1S/C25H28BN5O3/c1-15-3-4-18(26)12-21(15)31-25(33)23-22(28-14-29-23)24(32)30-20-6-5-19(11-16(20)2)34-13-17-7-9-27-10-8-17/h3-6,11-12,14,17,27H,7-10,13H2,1-2H3,(H,28,29)(H,30,32)(H,31,33). The summed E-state index contributed by atoms with van der Waals surface area (Å²) in [6.07, 6.45) is 3.55. The van der Waals surface area contributed by atoms with Crippen molar-refractivity contribution in [3.05, 3.63) is 65.2 Å². The zero-order valence-corrected chi connectivity index (χ0v) is 19.4. The predicted octanol–water partition coefficient (Wildman–Crippen LogP) is 2.70. The number of nitrogens with zero attached hydrogens (tertiary/aromatic N) is 1. The second kappa shape index (κ2) is 10.6. The van der Waals surface area contributed by atoms with Gasteiger partial charge in [-0.2, -0.15) is 0 Å². The first-order chi connectivity index (χ1) is 16.4. The number of nitrogens with one attached hydrogen (secondary N) is 4. The fourth-order valence-corrected chi connectivity index (χ4v) is 3.91. The lowest BCUT2D eigenvalue weighted by Gasteiger charge is -2.22. The summed E-state index contributed by atoms with van der Waals surface area (Å²) in [5, 5.41) is 8.98. The van der Waals surface area contributed by atoms with Crippen molar-refractivity contribution in [3.8, 4) is 5.75 Å². The van der Waals surface area contributed by atoms with Crippen LogP contribution in [-0.4, -0.2) is 49.3 Å². The molecule has 2 amide bonds. The molecule has 0 bridgehead atoms. The highest BCUT2D eigenvalue weighted by atomic mass is 16.5. The van der Waals surface area contributed by atoms with E-state index in [1.54, 1.807) is 18.2 Å². The van der Waals surface area contributed by atoms with Gasteiger partial charge < -0.3 is 25.7 Å². The summed E-state index contributed by atoms with van der Waals surface area (Å²) in [5.41, 5.74) is 3.50. The summed E-state index contributed by atoms with van der Waals surface area (Å²) in [7, 11) is 5.82. The van der Waals surface area contributed by atoms with Gasteiger partial charge in [0, 0.05) is 11.4 Å². The van der Waals surface area contributed by atoms with E-state index >= 15 is 0 Å². The van der Waals surface area contributed by atoms with Crippen molar-refractivity contribution in [2.45, 2.75) is 26.7 Å². The van der Waals surface area contributed by atoms with E-state index in [9.17, 15) is 9.59 Å². The lowest BCUT2D eigenvalue weighted by molar-refractivity contribution is 0.0985. The molecule has 174 valence electrons. The van der Waals surface area contributed by atoms with Gasteiger partial charge in [-0.3, -0.25) is 9.59 Å². The minimum Gasteiger partial charge on any atom is -0.493 e. The highest BCUT2D eigenvalue weighted by Gasteiger charge is 2.22. The summed E-state index contributed by atoms with van der Waals surface area (Å²) < 4.78 is 5.97. The molecular formula is C25H28BN5O3. The van der Waals surface area contributed by atoms with E-state index in [0.717, 1.165) is 42.8 Å². The molecule has 4 rings (SSSR count). The molecule has 2 radical (unpaired) electrons. The molecule has 0 aliphatic carbocycles. The highest BCUT2D eigenvalue weighted by molar-refractivity contribution is 6.32. The number of aromatic nitrogens is 2. The van der Waals surface area contributed by atoms with Crippen LogP contribution in [0.25, 0.3) is 0 Å². The van der Waals surface area contributed by atoms with Crippen LogP contribution in [0.5, 0.6) is 5.75 Å². The number of anilines is 2. The van der Waals surface area contributed by atoms with Gasteiger partial charge in [0.05, 0.1) is 12.9 Å². The van der Waals surface area contributed by atoms with Crippen LogP contribution < -0.4 is 26.2 Å². The van der Waals surface area contributed by atoms with Crippen LogP contribution in [0.3, 0.4) is 0 Å². The average molecular weight is 457 g/mol. The maximum Gasteiger partial charge on any atom is 0.276 e. The Bertz CT molecular complexity index is 1190. The van der Waals surface area contributed by atoms with E-state index in [2.05, 4.69) is 25.9 Å². The number of benzene rings is 2. The highest BCUT2D eigenvalue weighted by Crippen LogP contribution is 2.24. The number of amides is 2. The molecule has 1 aliphatic heterocycles. The van der Waals surface area contributed by atoms with Crippen molar-refractivity contribution in [1.29, 1.82) is 0 Å². The molecule has 8 nitrogen and oxygen atoms in total. The number of hydrogen-bond donors (Lipinski definition) is 4. The predicted molar refractivity (Wildman–Crippen MR) is 133 cm³/mol. The number of aryl methyl sites for hydroxylation is 2. The summed E-state index contributed by atoms with van der Waals surface area (Å²) in [6.45, 7) is 6.51. The number of hydrogen-bond acceptors (Lipinski definition) is 5. The Morgan fingerprint density at radius 2 is 1.79 bits per heavy atom. The maximum atomic E-state index is 12.9. The van der Waals surface area contributed by atoms with Crippen LogP contribution in [0.4, 0.5) is 11.4 Å². The van der Waals surface area contributed by atoms with Gasteiger partial charge in [0.2, 0.25) is 0 Å². The Balaban J connectivity index is 1.40. The molecule has 3 aromatic rings. The lowest BCUT2D eigenvalue weighted by atomic mass is 9.94. The van der Waals surface area contributed by atoms with E-state index in [1.807, 2.05) is 32.0 Å².